The predicted octanol–water partition coefficient (Wildman–Crippen LogP) is 4.76. The van der Waals surface area contributed by atoms with Crippen LogP contribution in [-0.4, -0.2) is 21.7 Å². The highest BCUT2D eigenvalue weighted by atomic mass is 17.1. The molecule has 1 fully saturated rings. The topological polar surface area (TPSA) is 74.4 Å². The van der Waals surface area contributed by atoms with Crippen LogP contribution in [0, 0.1) is 0 Å². The van der Waals surface area contributed by atoms with Gasteiger partial charge in [-0.15, -0.1) is 5.11 Å². The van der Waals surface area contributed by atoms with Crippen molar-refractivity contribution in [3.8, 4) is 0 Å². The number of aliphatic hydroxyl groups is 1. The Kier molecular flexibility index (Phi) is 4.90. The molecule has 0 bridgehead atoms. The van der Waals surface area contributed by atoms with Crippen LogP contribution in [-0.2, 0) is 4.89 Å². The van der Waals surface area contributed by atoms with Crippen molar-refractivity contribution in [1.29, 1.82) is 0 Å². The van der Waals surface area contributed by atoms with Gasteiger partial charge in [0.05, 0.1) is 11.3 Å². The Bertz CT molecular complexity index is 579. The largest absolute Gasteiger partial charge is 0.385 e. The van der Waals surface area contributed by atoms with Crippen LogP contribution in [0.3, 0.4) is 0 Å². The van der Waals surface area contributed by atoms with Gasteiger partial charge >= 0.3 is 0 Å². The maximum Gasteiger partial charge on any atom is 0.236 e. The third-order valence-electron chi connectivity index (χ3n) is 4.91. The third kappa shape index (κ3) is 3.37. The summed E-state index contributed by atoms with van der Waals surface area (Å²) < 4.78 is 0. The van der Waals surface area contributed by atoms with Gasteiger partial charge in [0.1, 0.15) is 0 Å². The highest BCUT2D eigenvalue weighted by Crippen LogP contribution is 2.45. The summed E-state index contributed by atoms with van der Waals surface area (Å²) in [5, 5.41) is 29.3. The molecule has 1 aromatic rings. The molecule has 0 spiro atoms. The first kappa shape index (κ1) is 16.3. The second-order valence-corrected chi connectivity index (χ2v) is 6.51. The van der Waals surface area contributed by atoms with Crippen LogP contribution in [0.25, 0.3) is 0 Å². The summed E-state index contributed by atoms with van der Waals surface area (Å²) in [4.78, 5) is 4.84. The molecule has 1 atom stereocenters. The Morgan fingerprint density at radius 3 is 2.39 bits per heavy atom. The maximum absolute atomic E-state index is 11.1. The van der Waals surface area contributed by atoms with Crippen LogP contribution in [0.2, 0.25) is 0 Å². The van der Waals surface area contributed by atoms with Gasteiger partial charge < -0.3 is 5.11 Å². The molecule has 0 aromatic heterocycles. The van der Waals surface area contributed by atoms with Gasteiger partial charge in [0.25, 0.3) is 0 Å². The number of hydrogen-bond donors (Lipinski definition) is 2. The molecule has 0 radical (unpaired) electrons. The molecule has 2 N–H and O–H groups in total. The highest BCUT2D eigenvalue weighted by Gasteiger charge is 2.49. The van der Waals surface area contributed by atoms with Gasteiger partial charge in [0.2, 0.25) is 5.72 Å². The first-order valence-corrected chi connectivity index (χ1v) is 8.43. The van der Waals surface area contributed by atoms with Gasteiger partial charge in [-0.1, -0.05) is 43.5 Å². The Labute approximate surface area is 136 Å². The van der Waals surface area contributed by atoms with Gasteiger partial charge in [-0.05, 0) is 37.8 Å². The lowest BCUT2D eigenvalue weighted by molar-refractivity contribution is -0.318. The second kappa shape index (κ2) is 6.91. The molecule has 2 aliphatic rings. The van der Waals surface area contributed by atoms with E-state index in [1.807, 2.05) is 36.4 Å². The normalized spacial score (nSPS) is 27.8. The molecular formula is C18H24N2O3. The summed E-state index contributed by atoms with van der Waals surface area (Å²) in [6.07, 6.45) is 8.67. The summed E-state index contributed by atoms with van der Waals surface area (Å²) in [7, 11) is 0. The second-order valence-electron chi connectivity index (χ2n) is 6.51. The summed E-state index contributed by atoms with van der Waals surface area (Å²) in [6, 6.07) is 9.36. The molecule has 23 heavy (non-hydrogen) atoms. The smallest absolute Gasteiger partial charge is 0.236 e. The molecule has 3 rings (SSSR count). The van der Waals surface area contributed by atoms with Gasteiger partial charge in [-0.25, -0.2) is 10.1 Å². The van der Waals surface area contributed by atoms with E-state index in [1.54, 1.807) is 0 Å². The van der Waals surface area contributed by atoms with E-state index in [2.05, 4.69) is 10.2 Å². The van der Waals surface area contributed by atoms with E-state index in [0.717, 1.165) is 32.1 Å². The molecule has 5 heteroatoms. The lowest BCUT2D eigenvalue weighted by Crippen LogP contribution is -2.47. The molecule has 2 aliphatic carbocycles. The van der Waals surface area contributed by atoms with Crippen molar-refractivity contribution >= 4 is 5.69 Å². The fourth-order valence-electron chi connectivity index (χ4n) is 3.69. The number of azo groups is 1. The fourth-order valence-corrected chi connectivity index (χ4v) is 3.69. The Morgan fingerprint density at radius 1 is 0.957 bits per heavy atom. The van der Waals surface area contributed by atoms with E-state index in [9.17, 15) is 10.4 Å². The van der Waals surface area contributed by atoms with Crippen LogP contribution in [0.1, 0.15) is 51.4 Å². The van der Waals surface area contributed by atoms with E-state index in [-0.39, 0.29) is 0 Å². The Hall–Kier alpha value is -1.56. The number of allylic oxidation sites excluding steroid dienone is 1. The van der Waals surface area contributed by atoms with E-state index in [4.69, 9.17) is 4.89 Å². The van der Waals surface area contributed by atoms with Crippen LogP contribution in [0.5, 0.6) is 0 Å². The maximum atomic E-state index is 11.1. The average molecular weight is 316 g/mol. The molecule has 0 amide bonds. The van der Waals surface area contributed by atoms with E-state index >= 15 is 0 Å². The van der Waals surface area contributed by atoms with Gasteiger partial charge in [-0.2, -0.15) is 5.11 Å². The van der Waals surface area contributed by atoms with E-state index < -0.39 is 11.3 Å². The Morgan fingerprint density at radius 2 is 1.70 bits per heavy atom. The van der Waals surface area contributed by atoms with Crippen LogP contribution < -0.4 is 0 Å². The minimum absolute atomic E-state index is 0.522. The molecule has 1 unspecified atom stereocenters. The zero-order chi connectivity index (χ0) is 16.2. The first-order valence-electron chi connectivity index (χ1n) is 8.43. The molecule has 0 aliphatic heterocycles. The summed E-state index contributed by atoms with van der Waals surface area (Å²) in [5.74, 6) is 0. The Balaban J connectivity index is 1.93. The van der Waals surface area contributed by atoms with Crippen molar-refractivity contribution in [3.05, 3.63) is 42.0 Å². The molecule has 0 saturated heterocycles. The molecule has 1 saturated carbocycles. The highest BCUT2D eigenvalue weighted by molar-refractivity contribution is 5.36. The lowest BCUT2D eigenvalue weighted by Gasteiger charge is -2.42. The number of rotatable bonds is 4. The molecule has 5 nitrogen and oxygen atoms in total. The average Bonchev–Trinajstić information content (AvgIpc) is 2.62. The lowest BCUT2D eigenvalue weighted by atomic mass is 9.72. The quantitative estimate of drug-likeness (QED) is 0.364. The SMILES string of the molecule is OOC1(N=Nc2ccccc2)CCCC=C1C1(O)CCCCC1. The van der Waals surface area contributed by atoms with Crippen molar-refractivity contribution in [3.63, 3.8) is 0 Å². The van der Waals surface area contributed by atoms with Gasteiger partial charge in [0, 0.05) is 12.0 Å². The minimum atomic E-state index is -1.26. The zero-order valence-electron chi connectivity index (χ0n) is 13.3. The summed E-state index contributed by atoms with van der Waals surface area (Å²) in [6.45, 7) is 0. The number of hydrogen-bond acceptors (Lipinski definition) is 5. The van der Waals surface area contributed by atoms with E-state index in [1.165, 1.54) is 0 Å². The van der Waals surface area contributed by atoms with Crippen molar-refractivity contribution in [2.24, 2.45) is 10.2 Å². The number of benzene rings is 1. The standard InChI is InChI=1S/C18H24N2O3/c21-17(12-6-2-7-13-17)16-11-5-8-14-18(16,23-22)20-19-15-9-3-1-4-10-15/h1,3-4,9-11,21-22H,2,5-8,12-14H2. The molecule has 0 heterocycles. The first-order chi connectivity index (χ1) is 11.2. The monoisotopic (exact) mass is 316 g/mol. The van der Waals surface area contributed by atoms with Gasteiger partial charge in [-0.3, -0.25) is 0 Å². The number of nitrogens with zero attached hydrogens (tertiary/aromatic N) is 2. The van der Waals surface area contributed by atoms with E-state index in [0.29, 0.717) is 30.5 Å². The summed E-state index contributed by atoms with van der Waals surface area (Å²) >= 11 is 0. The predicted molar refractivity (Wildman–Crippen MR) is 87.4 cm³/mol. The fraction of sp³-hybridized carbons (Fsp3) is 0.556. The van der Waals surface area contributed by atoms with Crippen molar-refractivity contribution in [2.75, 3.05) is 0 Å². The molecule has 124 valence electrons. The third-order valence-corrected chi connectivity index (χ3v) is 4.91. The van der Waals surface area contributed by atoms with Gasteiger partial charge in [0.15, 0.2) is 0 Å². The molecule has 1 aromatic carbocycles. The minimum Gasteiger partial charge on any atom is -0.385 e. The van der Waals surface area contributed by atoms with Crippen molar-refractivity contribution in [1.82, 2.24) is 0 Å². The van der Waals surface area contributed by atoms with Crippen LogP contribution in [0.4, 0.5) is 5.69 Å². The van der Waals surface area contributed by atoms with Crippen LogP contribution >= 0.6 is 0 Å². The van der Waals surface area contributed by atoms with Crippen molar-refractivity contribution < 1.29 is 15.3 Å². The van der Waals surface area contributed by atoms with Crippen molar-refractivity contribution in [2.45, 2.75) is 62.7 Å². The zero-order valence-corrected chi connectivity index (χ0v) is 13.3. The summed E-state index contributed by atoms with van der Waals surface area (Å²) in [5.41, 5.74) is -0.834. The van der Waals surface area contributed by atoms with Crippen LogP contribution in [0.15, 0.2) is 52.2 Å². The molecular weight excluding hydrogens is 292 g/mol.